The van der Waals surface area contributed by atoms with Gasteiger partial charge in [-0.3, -0.25) is 0 Å². The maximum atomic E-state index is 5.71. The zero-order valence-electron chi connectivity index (χ0n) is 9.74. The lowest BCUT2D eigenvalue weighted by molar-refractivity contribution is 0.512. The molecule has 0 bridgehead atoms. The van der Waals surface area contributed by atoms with Crippen molar-refractivity contribution >= 4 is 11.1 Å². The standard InChI is InChI=1S/C13H17NO/c1-8(2)11-6-5-10-7-12(9(3)4)15-13(10)14-11/h5-9H,1-4H3. The summed E-state index contributed by atoms with van der Waals surface area (Å²) in [6.07, 6.45) is 0. The van der Waals surface area contributed by atoms with Crippen LogP contribution in [0.2, 0.25) is 0 Å². The van der Waals surface area contributed by atoms with Gasteiger partial charge in [-0.25, -0.2) is 4.98 Å². The number of fused-ring (bicyclic) bond motifs is 1. The highest BCUT2D eigenvalue weighted by Gasteiger charge is 2.09. The minimum absolute atomic E-state index is 0.418. The summed E-state index contributed by atoms with van der Waals surface area (Å²) in [6, 6.07) is 6.25. The third kappa shape index (κ3) is 1.89. The molecule has 0 unspecified atom stereocenters. The van der Waals surface area contributed by atoms with Gasteiger partial charge < -0.3 is 4.42 Å². The Morgan fingerprint density at radius 1 is 1.07 bits per heavy atom. The summed E-state index contributed by atoms with van der Waals surface area (Å²) in [7, 11) is 0. The maximum Gasteiger partial charge on any atom is 0.226 e. The molecular formula is C13H17NO. The number of hydrogen-bond acceptors (Lipinski definition) is 2. The summed E-state index contributed by atoms with van der Waals surface area (Å²) in [6.45, 7) is 8.53. The highest BCUT2D eigenvalue weighted by molar-refractivity contribution is 5.74. The van der Waals surface area contributed by atoms with Crippen molar-refractivity contribution in [2.45, 2.75) is 39.5 Å². The zero-order chi connectivity index (χ0) is 11.0. The SMILES string of the molecule is CC(C)c1ccc2cc(C(C)C)oc2n1. The Morgan fingerprint density at radius 2 is 1.80 bits per heavy atom. The van der Waals surface area contributed by atoms with Crippen molar-refractivity contribution in [1.29, 1.82) is 0 Å². The summed E-state index contributed by atoms with van der Waals surface area (Å²) >= 11 is 0. The van der Waals surface area contributed by atoms with Gasteiger partial charge in [-0.2, -0.15) is 0 Å². The van der Waals surface area contributed by atoms with Gasteiger partial charge in [0, 0.05) is 17.0 Å². The second-order valence-corrected chi connectivity index (χ2v) is 4.59. The summed E-state index contributed by atoms with van der Waals surface area (Å²) in [4.78, 5) is 4.51. The molecule has 0 atom stereocenters. The highest BCUT2D eigenvalue weighted by atomic mass is 16.3. The van der Waals surface area contributed by atoms with E-state index in [1.54, 1.807) is 0 Å². The van der Waals surface area contributed by atoms with E-state index in [2.05, 4.69) is 50.9 Å². The van der Waals surface area contributed by atoms with Crippen LogP contribution in [0.15, 0.2) is 22.6 Å². The van der Waals surface area contributed by atoms with Crippen LogP contribution in [0.5, 0.6) is 0 Å². The first-order valence-corrected chi connectivity index (χ1v) is 5.48. The predicted octanol–water partition coefficient (Wildman–Crippen LogP) is 4.07. The predicted molar refractivity (Wildman–Crippen MR) is 62.2 cm³/mol. The van der Waals surface area contributed by atoms with Crippen molar-refractivity contribution < 1.29 is 4.42 Å². The second-order valence-electron chi connectivity index (χ2n) is 4.59. The fraction of sp³-hybridized carbons (Fsp3) is 0.462. The van der Waals surface area contributed by atoms with Crippen molar-refractivity contribution in [1.82, 2.24) is 4.98 Å². The minimum atomic E-state index is 0.418. The average Bonchev–Trinajstić information content (AvgIpc) is 2.59. The molecule has 0 radical (unpaired) electrons. The van der Waals surface area contributed by atoms with Gasteiger partial charge in [0.15, 0.2) is 0 Å². The molecule has 0 aliphatic heterocycles. The second kappa shape index (κ2) is 3.69. The van der Waals surface area contributed by atoms with Gasteiger partial charge in [0.25, 0.3) is 0 Å². The van der Waals surface area contributed by atoms with E-state index < -0.39 is 0 Å². The third-order valence-electron chi connectivity index (χ3n) is 2.58. The van der Waals surface area contributed by atoms with Gasteiger partial charge in [-0.15, -0.1) is 0 Å². The summed E-state index contributed by atoms with van der Waals surface area (Å²) in [5.74, 6) is 1.88. The fourth-order valence-corrected chi connectivity index (χ4v) is 1.56. The number of hydrogen-bond donors (Lipinski definition) is 0. The van der Waals surface area contributed by atoms with Crippen molar-refractivity contribution in [2.24, 2.45) is 0 Å². The van der Waals surface area contributed by atoms with E-state index in [1.165, 1.54) is 0 Å². The Morgan fingerprint density at radius 3 is 2.40 bits per heavy atom. The Hall–Kier alpha value is -1.31. The summed E-state index contributed by atoms with van der Waals surface area (Å²) < 4.78 is 5.71. The van der Waals surface area contributed by atoms with Crippen LogP contribution >= 0.6 is 0 Å². The monoisotopic (exact) mass is 203 g/mol. The van der Waals surface area contributed by atoms with Crippen LogP contribution in [-0.2, 0) is 0 Å². The van der Waals surface area contributed by atoms with E-state index in [9.17, 15) is 0 Å². The van der Waals surface area contributed by atoms with Gasteiger partial charge in [0.1, 0.15) is 5.76 Å². The van der Waals surface area contributed by atoms with Crippen LogP contribution in [0, 0.1) is 0 Å². The number of aromatic nitrogens is 1. The van der Waals surface area contributed by atoms with Crippen molar-refractivity contribution in [3.8, 4) is 0 Å². The molecule has 0 fully saturated rings. The molecule has 0 aromatic carbocycles. The molecule has 0 saturated heterocycles. The molecule has 2 rings (SSSR count). The van der Waals surface area contributed by atoms with Crippen LogP contribution in [0.25, 0.3) is 11.1 Å². The molecule has 0 saturated carbocycles. The van der Waals surface area contributed by atoms with Crippen LogP contribution < -0.4 is 0 Å². The normalized spacial score (nSPS) is 11.9. The quantitative estimate of drug-likeness (QED) is 0.735. The van der Waals surface area contributed by atoms with E-state index in [0.29, 0.717) is 11.8 Å². The molecule has 0 amide bonds. The number of pyridine rings is 1. The van der Waals surface area contributed by atoms with E-state index >= 15 is 0 Å². The Kier molecular flexibility index (Phi) is 2.51. The van der Waals surface area contributed by atoms with Gasteiger partial charge in [0.05, 0.1) is 0 Å². The van der Waals surface area contributed by atoms with Gasteiger partial charge in [-0.05, 0) is 24.1 Å². The Balaban J connectivity index is 2.52. The van der Waals surface area contributed by atoms with Crippen molar-refractivity contribution in [2.75, 3.05) is 0 Å². The van der Waals surface area contributed by atoms with Crippen LogP contribution in [0.4, 0.5) is 0 Å². The first kappa shape index (κ1) is 10.2. The number of nitrogens with zero attached hydrogens (tertiary/aromatic N) is 1. The van der Waals surface area contributed by atoms with Crippen LogP contribution in [0.3, 0.4) is 0 Å². The maximum absolute atomic E-state index is 5.71. The third-order valence-corrected chi connectivity index (χ3v) is 2.58. The molecule has 15 heavy (non-hydrogen) atoms. The summed E-state index contributed by atoms with van der Waals surface area (Å²) in [5.41, 5.74) is 1.86. The van der Waals surface area contributed by atoms with Crippen LogP contribution in [0.1, 0.15) is 51.0 Å². The molecule has 2 heteroatoms. The van der Waals surface area contributed by atoms with Crippen molar-refractivity contribution in [3.63, 3.8) is 0 Å². The highest BCUT2D eigenvalue weighted by Crippen LogP contribution is 2.25. The molecular weight excluding hydrogens is 186 g/mol. The number of rotatable bonds is 2. The molecule has 0 aliphatic carbocycles. The van der Waals surface area contributed by atoms with Gasteiger partial charge in [0.2, 0.25) is 5.71 Å². The molecule has 2 aromatic rings. The molecule has 2 heterocycles. The Bertz CT molecular complexity index is 462. The lowest BCUT2D eigenvalue weighted by atomic mass is 10.1. The average molecular weight is 203 g/mol. The number of furan rings is 1. The smallest absolute Gasteiger partial charge is 0.226 e. The first-order chi connectivity index (χ1) is 7.08. The lowest BCUT2D eigenvalue weighted by Gasteiger charge is -2.02. The van der Waals surface area contributed by atoms with Gasteiger partial charge in [-0.1, -0.05) is 27.7 Å². The van der Waals surface area contributed by atoms with Gasteiger partial charge >= 0.3 is 0 Å². The molecule has 2 aromatic heterocycles. The van der Waals surface area contributed by atoms with E-state index in [0.717, 1.165) is 22.6 Å². The zero-order valence-corrected chi connectivity index (χ0v) is 9.74. The topological polar surface area (TPSA) is 26.0 Å². The van der Waals surface area contributed by atoms with Crippen LogP contribution in [-0.4, -0.2) is 4.98 Å². The molecule has 80 valence electrons. The fourth-order valence-electron chi connectivity index (χ4n) is 1.56. The van der Waals surface area contributed by atoms with E-state index in [1.807, 2.05) is 0 Å². The van der Waals surface area contributed by atoms with Crippen molar-refractivity contribution in [3.05, 3.63) is 29.7 Å². The van der Waals surface area contributed by atoms with E-state index in [4.69, 9.17) is 4.42 Å². The van der Waals surface area contributed by atoms with E-state index in [-0.39, 0.29) is 0 Å². The largest absolute Gasteiger partial charge is 0.443 e. The lowest BCUT2D eigenvalue weighted by Crippen LogP contribution is -1.90. The first-order valence-electron chi connectivity index (χ1n) is 5.48. The minimum Gasteiger partial charge on any atom is -0.443 e. The molecule has 0 spiro atoms. The molecule has 0 aliphatic rings. The molecule has 0 N–H and O–H groups in total. The Labute approximate surface area is 90.3 Å². The molecule has 2 nitrogen and oxygen atoms in total. The summed E-state index contributed by atoms with van der Waals surface area (Å²) in [5, 5.41) is 1.10.